The van der Waals surface area contributed by atoms with E-state index in [1.807, 2.05) is 36.4 Å². The molecule has 0 saturated heterocycles. The van der Waals surface area contributed by atoms with Crippen molar-refractivity contribution in [3.63, 3.8) is 0 Å². The van der Waals surface area contributed by atoms with Gasteiger partial charge in [-0.25, -0.2) is 18.1 Å². The molecule has 5 aromatic rings. The lowest BCUT2D eigenvalue weighted by atomic mass is 10.1. The van der Waals surface area contributed by atoms with E-state index in [1.54, 1.807) is 41.0 Å². The van der Waals surface area contributed by atoms with Crippen LogP contribution in [0, 0.1) is 0 Å². The van der Waals surface area contributed by atoms with Gasteiger partial charge < -0.3 is 15.5 Å². The molecule has 0 atom stereocenters. The third-order valence-corrected chi connectivity index (χ3v) is 7.70. The predicted molar refractivity (Wildman–Crippen MR) is 144 cm³/mol. The van der Waals surface area contributed by atoms with Crippen molar-refractivity contribution in [2.45, 2.75) is 18.0 Å². The predicted octanol–water partition coefficient (Wildman–Crippen LogP) is 4.66. The van der Waals surface area contributed by atoms with E-state index in [0.29, 0.717) is 33.7 Å². The summed E-state index contributed by atoms with van der Waals surface area (Å²) in [6, 6.07) is 22.1. The summed E-state index contributed by atoms with van der Waals surface area (Å²) in [7, 11) is -3.87. The van der Waals surface area contributed by atoms with E-state index in [-0.39, 0.29) is 22.9 Å². The molecule has 5 rings (SSSR count). The first-order valence-corrected chi connectivity index (χ1v) is 13.5. The van der Waals surface area contributed by atoms with Gasteiger partial charge in [-0.2, -0.15) is 9.61 Å². The number of hydrogen-bond acceptors (Lipinski definition) is 7. The highest BCUT2D eigenvalue weighted by molar-refractivity contribution is 9.10. The largest absolute Gasteiger partial charge is 0.507 e. The van der Waals surface area contributed by atoms with Gasteiger partial charge in [-0.15, -0.1) is 0 Å². The number of para-hydroxylation sites is 2. The first kappa shape index (κ1) is 24.8. The molecular weight excluding hydrogens is 558 g/mol. The molecule has 0 aliphatic carbocycles. The van der Waals surface area contributed by atoms with Crippen LogP contribution in [0.1, 0.15) is 11.1 Å². The van der Waals surface area contributed by atoms with E-state index < -0.39 is 10.0 Å². The van der Waals surface area contributed by atoms with Crippen LogP contribution in [-0.2, 0) is 23.1 Å². The number of hydrogen-bond donors (Lipinski definition) is 4. The minimum absolute atomic E-state index is 0.0630. The van der Waals surface area contributed by atoms with E-state index in [2.05, 4.69) is 36.1 Å². The maximum Gasteiger partial charge on any atom is 0.244 e. The number of fused-ring (bicyclic) bond motifs is 1. The van der Waals surface area contributed by atoms with Gasteiger partial charge >= 0.3 is 0 Å². The molecule has 2 aromatic heterocycles. The molecule has 0 amide bonds. The van der Waals surface area contributed by atoms with Crippen LogP contribution in [-0.4, -0.2) is 33.2 Å². The molecular formula is C26H22BrN5O4S. The first-order valence-electron chi connectivity index (χ1n) is 11.2. The molecule has 0 radical (unpaired) electrons. The third kappa shape index (κ3) is 5.29. The van der Waals surface area contributed by atoms with Crippen molar-refractivity contribution in [2.24, 2.45) is 0 Å². The molecule has 188 valence electrons. The maximum atomic E-state index is 12.6. The number of anilines is 1. The van der Waals surface area contributed by atoms with Gasteiger partial charge in [0.15, 0.2) is 5.65 Å². The Hall–Kier alpha value is -3.93. The van der Waals surface area contributed by atoms with Gasteiger partial charge in [0.25, 0.3) is 0 Å². The number of benzene rings is 3. The minimum Gasteiger partial charge on any atom is -0.507 e. The lowest BCUT2D eigenvalue weighted by Crippen LogP contribution is -2.23. The molecule has 0 aliphatic heterocycles. The van der Waals surface area contributed by atoms with Crippen LogP contribution in [0.3, 0.4) is 0 Å². The second-order valence-electron chi connectivity index (χ2n) is 8.24. The monoisotopic (exact) mass is 579 g/mol. The van der Waals surface area contributed by atoms with Crippen molar-refractivity contribution in [1.82, 2.24) is 19.3 Å². The molecule has 0 saturated carbocycles. The third-order valence-electron chi connectivity index (χ3n) is 5.69. The summed E-state index contributed by atoms with van der Waals surface area (Å²) in [6.45, 7) is 0.490. The number of nitrogens with one attached hydrogen (secondary N) is 2. The Kier molecular flexibility index (Phi) is 6.83. The molecule has 4 N–H and O–H groups in total. The number of aromatic nitrogens is 3. The molecule has 0 bridgehead atoms. The average Bonchev–Trinajstić information content (AvgIpc) is 3.27. The Balaban J connectivity index is 1.36. The van der Waals surface area contributed by atoms with Crippen LogP contribution in [0.2, 0.25) is 0 Å². The number of sulfonamides is 1. The van der Waals surface area contributed by atoms with Crippen LogP contribution < -0.4 is 10.0 Å². The molecule has 2 heterocycles. The highest BCUT2D eigenvalue weighted by atomic mass is 79.9. The second-order valence-corrected chi connectivity index (χ2v) is 10.8. The van der Waals surface area contributed by atoms with Crippen molar-refractivity contribution in [3.05, 3.63) is 101 Å². The second kappa shape index (κ2) is 10.2. The topological polar surface area (TPSA) is 129 Å². The number of phenols is 2. The van der Waals surface area contributed by atoms with Gasteiger partial charge in [0.1, 0.15) is 22.2 Å². The van der Waals surface area contributed by atoms with Gasteiger partial charge in [0, 0.05) is 24.7 Å². The SMILES string of the molecule is O=S(=O)(NCc1cccc(CNc2cc(-c3ccccc3O)nc3c(Br)cnn23)c1)c1ccccc1O. The highest BCUT2D eigenvalue weighted by Crippen LogP contribution is 2.31. The summed E-state index contributed by atoms with van der Waals surface area (Å²) in [4.78, 5) is 4.48. The smallest absolute Gasteiger partial charge is 0.244 e. The zero-order chi connectivity index (χ0) is 26.0. The number of rotatable bonds is 8. The Labute approximate surface area is 221 Å². The van der Waals surface area contributed by atoms with Gasteiger partial charge in [0.2, 0.25) is 10.0 Å². The van der Waals surface area contributed by atoms with Crippen LogP contribution >= 0.6 is 15.9 Å². The van der Waals surface area contributed by atoms with Crippen molar-refractivity contribution in [2.75, 3.05) is 5.32 Å². The lowest BCUT2D eigenvalue weighted by Gasteiger charge is -2.13. The van der Waals surface area contributed by atoms with Crippen molar-refractivity contribution >= 4 is 37.4 Å². The Morgan fingerprint density at radius 1 is 0.865 bits per heavy atom. The zero-order valence-corrected chi connectivity index (χ0v) is 21.7. The number of aromatic hydroxyl groups is 2. The number of halogens is 1. The molecule has 9 nitrogen and oxygen atoms in total. The number of nitrogens with zero attached hydrogens (tertiary/aromatic N) is 3. The fourth-order valence-corrected chi connectivity index (χ4v) is 5.33. The fraction of sp³-hybridized carbons (Fsp3) is 0.0769. The summed E-state index contributed by atoms with van der Waals surface area (Å²) in [5.41, 5.74) is 3.45. The van der Waals surface area contributed by atoms with Crippen molar-refractivity contribution in [3.8, 4) is 22.8 Å². The zero-order valence-electron chi connectivity index (χ0n) is 19.3. The van der Waals surface area contributed by atoms with E-state index in [4.69, 9.17) is 0 Å². The van der Waals surface area contributed by atoms with Gasteiger partial charge in [-0.05, 0) is 51.3 Å². The van der Waals surface area contributed by atoms with E-state index in [9.17, 15) is 18.6 Å². The van der Waals surface area contributed by atoms with Crippen LogP contribution in [0.25, 0.3) is 16.9 Å². The molecule has 11 heteroatoms. The summed E-state index contributed by atoms with van der Waals surface area (Å²) >= 11 is 3.48. The Morgan fingerprint density at radius 3 is 2.32 bits per heavy atom. The van der Waals surface area contributed by atoms with Gasteiger partial charge in [-0.3, -0.25) is 0 Å². The molecule has 3 aromatic carbocycles. The summed E-state index contributed by atoms with van der Waals surface area (Å²) in [5, 5.41) is 28.0. The van der Waals surface area contributed by atoms with E-state index in [0.717, 1.165) is 11.1 Å². The van der Waals surface area contributed by atoms with Crippen LogP contribution in [0.15, 0.2) is 94.4 Å². The summed E-state index contributed by atoms with van der Waals surface area (Å²) < 4.78 is 30.1. The lowest BCUT2D eigenvalue weighted by molar-refractivity contribution is 0.458. The fourth-order valence-electron chi connectivity index (χ4n) is 3.87. The van der Waals surface area contributed by atoms with Crippen molar-refractivity contribution < 1.29 is 18.6 Å². The number of phenolic OH excluding ortho intramolecular Hbond substituents is 2. The van der Waals surface area contributed by atoms with Crippen molar-refractivity contribution in [1.29, 1.82) is 0 Å². The quantitative estimate of drug-likeness (QED) is 0.210. The summed E-state index contributed by atoms with van der Waals surface area (Å²) in [5.74, 6) is 0.490. The summed E-state index contributed by atoms with van der Waals surface area (Å²) in [6.07, 6.45) is 1.65. The van der Waals surface area contributed by atoms with Crippen LogP contribution in [0.4, 0.5) is 5.82 Å². The molecule has 0 spiro atoms. The Bertz CT molecular complexity index is 1700. The molecule has 0 aliphatic rings. The first-order chi connectivity index (χ1) is 17.8. The van der Waals surface area contributed by atoms with E-state index >= 15 is 0 Å². The molecule has 0 fully saturated rings. The van der Waals surface area contributed by atoms with Gasteiger partial charge in [0.05, 0.1) is 16.4 Å². The standard InChI is InChI=1S/C26H22BrN5O4S/c27-20-16-29-32-25(13-21(31-26(20)32)19-8-1-2-9-22(19)33)28-14-17-6-5-7-18(12-17)15-30-37(35,36)24-11-4-3-10-23(24)34/h1-13,16,28,30,33-34H,14-15H2. The van der Waals surface area contributed by atoms with E-state index in [1.165, 1.54) is 12.1 Å². The Morgan fingerprint density at radius 2 is 1.57 bits per heavy atom. The van der Waals surface area contributed by atoms with Crippen LogP contribution in [0.5, 0.6) is 11.5 Å². The highest BCUT2D eigenvalue weighted by Gasteiger charge is 2.18. The molecule has 37 heavy (non-hydrogen) atoms. The van der Waals surface area contributed by atoms with Gasteiger partial charge in [-0.1, -0.05) is 48.5 Å². The normalized spacial score (nSPS) is 11.6. The minimum atomic E-state index is -3.87. The molecule has 0 unspecified atom stereocenters. The average molecular weight is 580 g/mol. The maximum absolute atomic E-state index is 12.6.